The Kier molecular flexibility index (Phi) is 16.5. The molecule has 4 aliphatic rings. The van der Waals surface area contributed by atoms with Crippen molar-refractivity contribution in [1.29, 1.82) is 0 Å². The molecule has 3 N–H and O–H groups in total. The highest BCUT2D eigenvalue weighted by Gasteiger charge is 2.23. The van der Waals surface area contributed by atoms with E-state index in [9.17, 15) is 9.59 Å². The van der Waals surface area contributed by atoms with Crippen molar-refractivity contribution in [2.24, 2.45) is 0 Å². The second kappa shape index (κ2) is 24.6. The molecule has 0 bridgehead atoms. The van der Waals surface area contributed by atoms with Gasteiger partial charge in [0.05, 0.1) is 23.8 Å². The molecule has 0 atom stereocenters. The fraction of sp³-hybridized carbons (Fsp3) is 0.288. The van der Waals surface area contributed by atoms with Crippen molar-refractivity contribution in [2.75, 3.05) is 77.0 Å². The normalized spacial score (nSPS) is 14.9. The zero-order valence-electron chi connectivity index (χ0n) is 42.0. The van der Waals surface area contributed by atoms with E-state index in [2.05, 4.69) is 55.4 Å². The molecule has 2 amide bonds. The van der Waals surface area contributed by atoms with Crippen LogP contribution in [0.5, 0.6) is 46.3 Å². The van der Waals surface area contributed by atoms with E-state index < -0.39 is 0 Å². The fourth-order valence-electron chi connectivity index (χ4n) is 9.21. The van der Waals surface area contributed by atoms with Crippen molar-refractivity contribution in [1.82, 2.24) is 29.6 Å². The largest absolute Gasteiger partial charge is 0.454 e. The zero-order valence-corrected chi connectivity index (χ0v) is 42.0. The van der Waals surface area contributed by atoms with E-state index in [4.69, 9.17) is 34.2 Å². The van der Waals surface area contributed by atoms with Crippen LogP contribution in [0.1, 0.15) is 40.7 Å². The van der Waals surface area contributed by atoms with E-state index in [1.54, 1.807) is 24.5 Å². The van der Waals surface area contributed by atoms with E-state index in [1.165, 1.54) is 11.1 Å². The summed E-state index contributed by atoms with van der Waals surface area (Å²) >= 11 is 0. The number of aryl methyl sites for hydroxylation is 2. The third-order valence-corrected chi connectivity index (χ3v) is 13.5. The number of hydrogen-bond donors (Lipinski definition) is 2. The maximum Gasteiger partial charge on any atom is 0.231 e. The number of amides is 2. The molecule has 2 aromatic heterocycles. The molecule has 5 aromatic carbocycles. The SMILES string of the molecule is Nc1ccc(Oc2ccc(CCC(=O)N3CCN(Cc4ccc5c(c4)OCO5)CC3)cc2)nc1.O=C(CCc1ccc(Oc2ccc(NCc3ccc4c(c3)OCO4)cn2)cc1)N1CCN(Cc2ccccc2)CC1. The lowest BCUT2D eigenvalue weighted by Crippen LogP contribution is -2.48. The van der Waals surface area contributed by atoms with Gasteiger partial charge in [0.2, 0.25) is 37.2 Å². The second-order valence-electron chi connectivity index (χ2n) is 18.8. The van der Waals surface area contributed by atoms with E-state index in [-0.39, 0.29) is 18.6 Å². The van der Waals surface area contributed by atoms with Crippen LogP contribution in [0, 0.1) is 0 Å². The van der Waals surface area contributed by atoms with Crippen LogP contribution in [-0.2, 0) is 42.1 Å². The van der Waals surface area contributed by atoms with Crippen molar-refractivity contribution in [3.05, 3.63) is 180 Å². The van der Waals surface area contributed by atoms with Gasteiger partial charge in [-0.15, -0.1) is 0 Å². The van der Waals surface area contributed by atoms with Crippen molar-refractivity contribution in [2.45, 2.75) is 45.3 Å². The molecule has 16 nitrogen and oxygen atoms in total. The molecule has 0 unspecified atom stereocenters. The number of aromatic nitrogens is 2. The van der Waals surface area contributed by atoms with Gasteiger partial charge in [-0.25, -0.2) is 9.97 Å². The molecule has 7 aromatic rings. The predicted molar refractivity (Wildman–Crippen MR) is 285 cm³/mol. The number of fused-ring (bicyclic) bond motifs is 2. The number of nitrogens with two attached hydrogens (primary N) is 1. The van der Waals surface area contributed by atoms with Gasteiger partial charge in [0.25, 0.3) is 0 Å². The van der Waals surface area contributed by atoms with Gasteiger partial charge < -0.3 is 49.3 Å². The molecule has 11 rings (SSSR count). The standard InChI is InChI=1S/C33H34N4O4.C26H28N4O4/c38-33(37-18-16-36(17-19-37)23-26-4-2-1-3-5-26)15-9-25-6-11-29(12-7-25)41-32-14-10-28(22-35-32)34-21-27-8-13-30-31(20-27)40-24-39-30;27-21-5-9-25(28-16-21)34-22-6-1-19(2-7-22)4-10-26(31)30-13-11-29(12-14-30)17-20-3-8-23-24(15-20)33-18-32-23/h1-8,10-14,20,22,34H,9,15-19,21,23-24H2;1-3,5-9,15-16H,4,10-14,17-18,27H2. The van der Waals surface area contributed by atoms with Gasteiger partial charge in [0.15, 0.2) is 23.0 Å². The van der Waals surface area contributed by atoms with Gasteiger partial charge in [0, 0.05) is 97.0 Å². The van der Waals surface area contributed by atoms with E-state index in [0.29, 0.717) is 68.0 Å². The topological polar surface area (TPSA) is 166 Å². The minimum absolute atomic E-state index is 0.203. The quantitative estimate of drug-likeness (QED) is 0.0888. The number of carbonyl (C=O) groups excluding carboxylic acids is 2. The molecule has 75 heavy (non-hydrogen) atoms. The number of hydrogen-bond acceptors (Lipinski definition) is 14. The fourth-order valence-corrected chi connectivity index (χ4v) is 9.21. The maximum absolute atomic E-state index is 12.8. The molecule has 6 heterocycles. The molecule has 4 aliphatic heterocycles. The van der Waals surface area contributed by atoms with E-state index in [0.717, 1.165) is 111 Å². The number of nitrogen functional groups attached to an aromatic ring is 1. The van der Waals surface area contributed by atoms with Gasteiger partial charge in [-0.05, 0) is 101 Å². The molecule has 2 fully saturated rings. The summed E-state index contributed by atoms with van der Waals surface area (Å²) in [6.45, 7) is 9.65. The number of carbonyl (C=O) groups is 2. The first-order chi connectivity index (χ1) is 36.8. The third-order valence-electron chi connectivity index (χ3n) is 13.5. The molecule has 16 heteroatoms. The second-order valence-corrected chi connectivity index (χ2v) is 18.8. The Morgan fingerprint density at radius 1 is 0.493 bits per heavy atom. The predicted octanol–water partition coefficient (Wildman–Crippen LogP) is 8.95. The molecule has 386 valence electrons. The average Bonchev–Trinajstić information content (AvgIpc) is 4.14. The Bertz CT molecular complexity index is 2970. The molecular weight excluding hydrogens is 949 g/mol. The number of pyridine rings is 2. The summed E-state index contributed by atoms with van der Waals surface area (Å²) in [6, 6.07) is 45.4. The average molecular weight is 1010 g/mol. The maximum atomic E-state index is 12.8. The van der Waals surface area contributed by atoms with Gasteiger partial charge in [-0.2, -0.15) is 0 Å². The number of nitrogens with zero attached hydrogens (tertiary/aromatic N) is 6. The van der Waals surface area contributed by atoms with Crippen molar-refractivity contribution >= 4 is 23.2 Å². The van der Waals surface area contributed by atoms with Gasteiger partial charge in [-0.1, -0.05) is 66.7 Å². The number of benzene rings is 5. The zero-order chi connectivity index (χ0) is 51.2. The van der Waals surface area contributed by atoms with Crippen molar-refractivity contribution in [3.63, 3.8) is 0 Å². The molecule has 2 saturated heterocycles. The summed E-state index contributed by atoms with van der Waals surface area (Å²) in [7, 11) is 0. The number of piperazine rings is 2. The molecule has 0 aliphatic carbocycles. The lowest BCUT2D eigenvalue weighted by molar-refractivity contribution is -0.133. The number of rotatable bonds is 17. The summed E-state index contributed by atoms with van der Waals surface area (Å²) in [5, 5.41) is 3.36. The van der Waals surface area contributed by atoms with Crippen LogP contribution in [-0.4, -0.2) is 107 Å². The Morgan fingerprint density at radius 3 is 1.49 bits per heavy atom. The number of ether oxygens (including phenoxy) is 6. The van der Waals surface area contributed by atoms with Crippen LogP contribution in [0.15, 0.2) is 152 Å². The Balaban J connectivity index is 0.000000174. The van der Waals surface area contributed by atoms with Gasteiger partial charge in [0.1, 0.15) is 11.5 Å². The Morgan fingerprint density at radius 2 is 0.973 bits per heavy atom. The first kappa shape index (κ1) is 50.2. The third kappa shape index (κ3) is 14.2. The van der Waals surface area contributed by atoms with Crippen LogP contribution >= 0.6 is 0 Å². The smallest absolute Gasteiger partial charge is 0.231 e. The minimum atomic E-state index is 0.203. The van der Waals surface area contributed by atoms with Crippen molar-refractivity contribution in [3.8, 4) is 46.3 Å². The van der Waals surface area contributed by atoms with Crippen LogP contribution < -0.4 is 39.5 Å². The highest BCUT2D eigenvalue weighted by molar-refractivity contribution is 5.77. The summed E-state index contributed by atoms with van der Waals surface area (Å²) in [6.07, 6.45) is 5.75. The molecular formula is C59H62N8O8. The van der Waals surface area contributed by atoms with Crippen LogP contribution in [0.2, 0.25) is 0 Å². The van der Waals surface area contributed by atoms with E-state index in [1.807, 2.05) is 107 Å². The lowest BCUT2D eigenvalue weighted by Gasteiger charge is -2.34. The first-order valence-electron chi connectivity index (χ1n) is 25.6. The van der Waals surface area contributed by atoms with Crippen LogP contribution in [0.3, 0.4) is 0 Å². The van der Waals surface area contributed by atoms with Crippen LogP contribution in [0.25, 0.3) is 0 Å². The summed E-state index contributed by atoms with van der Waals surface area (Å²) in [4.78, 5) is 42.9. The van der Waals surface area contributed by atoms with Crippen LogP contribution in [0.4, 0.5) is 11.4 Å². The summed E-state index contributed by atoms with van der Waals surface area (Å²) in [5.41, 5.74) is 13.0. The Hall–Kier alpha value is -8.34. The molecule has 0 spiro atoms. The minimum Gasteiger partial charge on any atom is -0.454 e. The lowest BCUT2D eigenvalue weighted by atomic mass is 10.1. The number of anilines is 2. The monoisotopic (exact) mass is 1010 g/mol. The summed E-state index contributed by atoms with van der Waals surface area (Å²) < 4.78 is 33.3. The van der Waals surface area contributed by atoms with Gasteiger partial charge >= 0.3 is 0 Å². The summed E-state index contributed by atoms with van der Waals surface area (Å²) in [5.74, 6) is 6.03. The molecule has 0 radical (unpaired) electrons. The molecule has 0 saturated carbocycles. The van der Waals surface area contributed by atoms with E-state index >= 15 is 0 Å². The highest BCUT2D eigenvalue weighted by Crippen LogP contribution is 2.34. The first-order valence-corrected chi connectivity index (χ1v) is 25.6. The van der Waals surface area contributed by atoms with Crippen molar-refractivity contribution < 1.29 is 38.0 Å². The highest BCUT2D eigenvalue weighted by atomic mass is 16.7. The van der Waals surface area contributed by atoms with Gasteiger partial charge in [-0.3, -0.25) is 19.4 Å². The number of nitrogens with one attached hydrogen (secondary N) is 1. The Labute approximate surface area is 437 Å².